The topological polar surface area (TPSA) is 54.9 Å². The smallest absolute Gasteiger partial charge is 0.191 e. The quantitative estimate of drug-likeness (QED) is 0.305. The number of nitrogens with one attached hydrogen (secondary N) is 2. The first-order chi connectivity index (χ1) is 12.9. The molecule has 1 aromatic heterocycles. The highest BCUT2D eigenvalue weighted by Crippen LogP contribution is 2.32. The van der Waals surface area contributed by atoms with E-state index in [-0.39, 0.29) is 29.4 Å². The lowest BCUT2D eigenvalue weighted by molar-refractivity contribution is 0.353. The molecule has 0 amide bonds. The van der Waals surface area contributed by atoms with Gasteiger partial charge in [-0.05, 0) is 46.0 Å². The van der Waals surface area contributed by atoms with Gasteiger partial charge in [-0.15, -0.1) is 24.0 Å². The second-order valence-corrected chi connectivity index (χ2v) is 8.00. The second-order valence-electron chi connectivity index (χ2n) is 7.22. The van der Waals surface area contributed by atoms with Gasteiger partial charge in [0.15, 0.2) is 17.5 Å². The zero-order valence-corrected chi connectivity index (χ0v) is 20.7. The molecule has 0 saturated carbocycles. The maximum atomic E-state index is 5.44. The molecule has 1 aromatic carbocycles. The van der Waals surface area contributed by atoms with Crippen LogP contribution in [0.5, 0.6) is 11.5 Å². The number of methoxy groups -OCH3 is 2. The minimum absolute atomic E-state index is 0. The predicted molar refractivity (Wildman–Crippen MR) is 130 cm³/mol. The van der Waals surface area contributed by atoms with Crippen molar-refractivity contribution in [1.29, 1.82) is 0 Å². The lowest BCUT2D eigenvalue weighted by atomic mass is 9.84. The minimum atomic E-state index is -0.101. The predicted octanol–water partition coefficient (Wildman–Crippen LogP) is 4.63. The number of halogens is 1. The Labute approximate surface area is 190 Å². The molecule has 0 aliphatic carbocycles. The van der Waals surface area contributed by atoms with Crippen LogP contribution >= 0.6 is 35.3 Å². The Morgan fingerprint density at radius 3 is 2.43 bits per heavy atom. The van der Waals surface area contributed by atoms with Crippen molar-refractivity contribution in [2.75, 3.05) is 34.4 Å². The summed E-state index contributed by atoms with van der Waals surface area (Å²) in [5.41, 5.74) is 2.43. The van der Waals surface area contributed by atoms with Crippen LogP contribution in [0.1, 0.15) is 37.8 Å². The van der Waals surface area contributed by atoms with Crippen molar-refractivity contribution in [1.82, 2.24) is 10.6 Å². The molecule has 7 heteroatoms. The number of guanidine groups is 1. The summed E-state index contributed by atoms with van der Waals surface area (Å²) in [7, 11) is 5.11. The summed E-state index contributed by atoms with van der Waals surface area (Å²) < 4.78 is 10.8. The molecule has 2 rings (SSSR count). The molecule has 0 saturated heterocycles. The third-order valence-electron chi connectivity index (χ3n) is 4.77. The number of rotatable bonds is 8. The molecular formula is C21H32IN3O2S. The fraction of sp³-hybridized carbons (Fsp3) is 0.476. The molecular weight excluding hydrogens is 485 g/mol. The average molecular weight is 517 g/mol. The Bertz CT molecular complexity index is 748. The highest BCUT2D eigenvalue weighted by molar-refractivity contribution is 14.0. The molecule has 5 nitrogen and oxygen atoms in total. The van der Waals surface area contributed by atoms with Gasteiger partial charge in [-0.1, -0.05) is 26.8 Å². The maximum absolute atomic E-state index is 5.44. The van der Waals surface area contributed by atoms with Gasteiger partial charge in [0, 0.05) is 25.6 Å². The first kappa shape index (κ1) is 24.6. The number of hydrogen-bond donors (Lipinski definition) is 2. The van der Waals surface area contributed by atoms with Gasteiger partial charge in [-0.2, -0.15) is 11.3 Å². The van der Waals surface area contributed by atoms with Crippen LogP contribution in [0, 0.1) is 0 Å². The first-order valence-electron chi connectivity index (χ1n) is 9.10. The van der Waals surface area contributed by atoms with Gasteiger partial charge >= 0.3 is 0 Å². The molecule has 2 aromatic rings. The van der Waals surface area contributed by atoms with E-state index in [4.69, 9.17) is 9.47 Å². The van der Waals surface area contributed by atoms with Gasteiger partial charge in [-0.3, -0.25) is 4.99 Å². The van der Waals surface area contributed by atoms with E-state index in [1.807, 2.05) is 12.1 Å². The van der Waals surface area contributed by atoms with Crippen LogP contribution in [0.2, 0.25) is 0 Å². The van der Waals surface area contributed by atoms with Crippen LogP contribution in [-0.4, -0.2) is 40.3 Å². The van der Waals surface area contributed by atoms with E-state index in [1.54, 1.807) is 32.6 Å². The van der Waals surface area contributed by atoms with Crippen molar-refractivity contribution in [3.63, 3.8) is 0 Å². The fourth-order valence-electron chi connectivity index (χ4n) is 2.81. The SMILES string of the molecule is CN=C(NCC(C)c1ccsc1)NCC(C)(C)c1ccc(OC)c(OC)c1.I. The van der Waals surface area contributed by atoms with Crippen LogP contribution in [0.3, 0.4) is 0 Å². The molecule has 0 bridgehead atoms. The van der Waals surface area contributed by atoms with E-state index in [0.717, 1.165) is 30.5 Å². The van der Waals surface area contributed by atoms with Gasteiger partial charge < -0.3 is 20.1 Å². The number of nitrogens with zero attached hydrogens (tertiary/aromatic N) is 1. The molecule has 156 valence electrons. The fourth-order valence-corrected chi connectivity index (χ4v) is 3.59. The highest BCUT2D eigenvalue weighted by atomic mass is 127. The van der Waals surface area contributed by atoms with E-state index in [2.05, 4.69) is 59.3 Å². The molecule has 0 spiro atoms. The molecule has 1 heterocycles. The number of hydrogen-bond acceptors (Lipinski definition) is 4. The van der Waals surface area contributed by atoms with E-state index in [1.165, 1.54) is 11.1 Å². The lowest BCUT2D eigenvalue weighted by Crippen LogP contribution is -2.44. The number of benzene rings is 1. The van der Waals surface area contributed by atoms with Gasteiger partial charge in [0.1, 0.15) is 0 Å². The standard InChI is InChI=1S/C21H31N3O2S.HI/c1-15(16-9-10-27-13-16)12-23-20(22-4)24-14-21(2,3)17-7-8-18(25-5)19(11-17)26-6;/h7-11,13,15H,12,14H2,1-6H3,(H2,22,23,24);1H. The van der Waals surface area contributed by atoms with Crippen LogP contribution < -0.4 is 20.1 Å². The maximum Gasteiger partial charge on any atom is 0.191 e. The number of aliphatic imine (C=N–C) groups is 1. The van der Waals surface area contributed by atoms with Crippen molar-refractivity contribution in [3.8, 4) is 11.5 Å². The van der Waals surface area contributed by atoms with Gasteiger partial charge in [0.05, 0.1) is 14.2 Å². The summed E-state index contributed by atoms with van der Waals surface area (Å²) >= 11 is 1.73. The highest BCUT2D eigenvalue weighted by Gasteiger charge is 2.23. The summed E-state index contributed by atoms with van der Waals surface area (Å²) in [5.74, 6) is 2.74. The summed E-state index contributed by atoms with van der Waals surface area (Å²) in [6.45, 7) is 8.20. The van der Waals surface area contributed by atoms with Crippen LogP contribution in [-0.2, 0) is 5.41 Å². The van der Waals surface area contributed by atoms with Crippen molar-refractivity contribution >= 4 is 41.3 Å². The largest absolute Gasteiger partial charge is 0.493 e. The van der Waals surface area contributed by atoms with E-state index < -0.39 is 0 Å². The van der Waals surface area contributed by atoms with Gasteiger partial charge in [0.2, 0.25) is 0 Å². The van der Waals surface area contributed by atoms with Gasteiger partial charge in [0.25, 0.3) is 0 Å². The zero-order valence-electron chi connectivity index (χ0n) is 17.5. The normalized spacial score (nSPS) is 12.7. The van der Waals surface area contributed by atoms with Crippen molar-refractivity contribution in [3.05, 3.63) is 46.2 Å². The lowest BCUT2D eigenvalue weighted by Gasteiger charge is -2.27. The minimum Gasteiger partial charge on any atom is -0.493 e. The third-order valence-corrected chi connectivity index (χ3v) is 5.48. The second kappa shape index (κ2) is 11.5. The van der Waals surface area contributed by atoms with E-state index >= 15 is 0 Å². The Kier molecular flexibility index (Phi) is 10.1. The van der Waals surface area contributed by atoms with Crippen molar-refractivity contribution < 1.29 is 9.47 Å². The van der Waals surface area contributed by atoms with Crippen molar-refractivity contribution in [2.45, 2.75) is 32.1 Å². The van der Waals surface area contributed by atoms with E-state index in [9.17, 15) is 0 Å². The number of ether oxygens (including phenoxy) is 2. The van der Waals surface area contributed by atoms with Gasteiger partial charge in [-0.25, -0.2) is 0 Å². The number of thiophene rings is 1. The molecule has 2 N–H and O–H groups in total. The van der Waals surface area contributed by atoms with Crippen LogP contribution in [0.4, 0.5) is 0 Å². The summed E-state index contributed by atoms with van der Waals surface area (Å²) in [4.78, 5) is 4.35. The molecule has 0 aliphatic rings. The van der Waals surface area contributed by atoms with E-state index in [0.29, 0.717) is 5.92 Å². The molecule has 0 radical (unpaired) electrons. The Morgan fingerprint density at radius 2 is 1.86 bits per heavy atom. The summed E-state index contributed by atoms with van der Waals surface area (Å²) in [6, 6.07) is 8.24. The molecule has 0 fully saturated rings. The molecule has 0 aliphatic heterocycles. The molecule has 1 atom stereocenters. The molecule has 28 heavy (non-hydrogen) atoms. The summed E-state index contributed by atoms with van der Waals surface area (Å²) in [5, 5.41) is 11.2. The third kappa shape index (κ3) is 6.55. The van der Waals surface area contributed by atoms with Crippen molar-refractivity contribution in [2.24, 2.45) is 4.99 Å². The Morgan fingerprint density at radius 1 is 1.14 bits per heavy atom. The zero-order chi connectivity index (χ0) is 19.9. The summed E-state index contributed by atoms with van der Waals surface area (Å²) in [6.07, 6.45) is 0. The monoisotopic (exact) mass is 517 g/mol. The Balaban J connectivity index is 0.00000392. The van der Waals surface area contributed by atoms with Crippen LogP contribution in [0.25, 0.3) is 0 Å². The first-order valence-corrected chi connectivity index (χ1v) is 10.0. The Hall–Kier alpha value is -1.48. The molecule has 1 unspecified atom stereocenters. The average Bonchev–Trinajstić information content (AvgIpc) is 3.22. The van der Waals surface area contributed by atoms with Crippen LogP contribution in [0.15, 0.2) is 40.0 Å².